The third-order valence-electron chi connectivity index (χ3n) is 3.48. The Bertz CT molecular complexity index is 726. The van der Waals surface area contributed by atoms with Crippen LogP contribution in [0.2, 0.25) is 0 Å². The smallest absolute Gasteiger partial charge is 0.123 e. The second kappa shape index (κ2) is 5.08. The highest BCUT2D eigenvalue weighted by Crippen LogP contribution is 2.25. The van der Waals surface area contributed by atoms with Gasteiger partial charge in [0.15, 0.2) is 0 Å². The Morgan fingerprint density at radius 3 is 2.45 bits per heavy atom. The first-order chi connectivity index (χ1) is 9.65. The molecule has 0 aliphatic carbocycles. The van der Waals surface area contributed by atoms with Crippen molar-refractivity contribution in [2.24, 2.45) is 0 Å². The molecule has 0 spiro atoms. The van der Waals surface area contributed by atoms with Gasteiger partial charge in [-0.3, -0.25) is 4.68 Å². The average Bonchev–Trinajstić information content (AvgIpc) is 2.81. The summed E-state index contributed by atoms with van der Waals surface area (Å²) in [6.45, 7) is 4.96. The van der Waals surface area contributed by atoms with E-state index < -0.39 is 0 Å². The van der Waals surface area contributed by atoms with Gasteiger partial charge >= 0.3 is 0 Å². The molecule has 1 heterocycles. The summed E-state index contributed by atoms with van der Waals surface area (Å²) in [5.74, 6) is 0.177. The molecule has 0 aliphatic heterocycles. The normalized spacial score (nSPS) is 11.4. The molecule has 3 heteroatoms. The number of para-hydroxylation sites is 1. The number of aromatic nitrogens is 2. The quantitative estimate of drug-likeness (QED) is 0.690. The van der Waals surface area contributed by atoms with Crippen molar-refractivity contribution in [1.82, 2.24) is 9.78 Å². The number of hydrogen-bond acceptors (Lipinski definition) is 1. The lowest BCUT2D eigenvalue weighted by Gasteiger charge is -2.04. The number of hydrogen-bond donors (Lipinski definition) is 0. The molecule has 2 aromatic carbocycles. The Hall–Kier alpha value is -2.16. The van der Waals surface area contributed by atoms with Crippen molar-refractivity contribution in [2.75, 3.05) is 0 Å². The number of benzene rings is 2. The largest absolute Gasteiger partial charge is 0.260 e. The first-order valence-electron chi connectivity index (χ1n) is 6.85. The van der Waals surface area contributed by atoms with Gasteiger partial charge in [0.2, 0.25) is 0 Å². The van der Waals surface area contributed by atoms with Crippen LogP contribution in [-0.4, -0.2) is 9.78 Å². The number of rotatable bonds is 3. The zero-order valence-corrected chi connectivity index (χ0v) is 11.7. The minimum atomic E-state index is -0.207. The SMILES string of the molecule is CC(C)c1nn(Cc2ccc(F)cc2)c2ccccc12. The summed E-state index contributed by atoms with van der Waals surface area (Å²) in [5, 5.41) is 5.93. The highest BCUT2D eigenvalue weighted by molar-refractivity contribution is 5.82. The predicted molar refractivity (Wildman–Crippen MR) is 79.3 cm³/mol. The monoisotopic (exact) mass is 268 g/mol. The minimum Gasteiger partial charge on any atom is -0.260 e. The molecule has 20 heavy (non-hydrogen) atoms. The Kier molecular flexibility index (Phi) is 3.26. The van der Waals surface area contributed by atoms with E-state index in [-0.39, 0.29) is 5.82 Å². The van der Waals surface area contributed by atoms with E-state index in [1.807, 2.05) is 16.8 Å². The number of nitrogens with zero attached hydrogens (tertiary/aromatic N) is 2. The Labute approximate surface area is 117 Å². The van der Waals surface area contributed by atoms with Crippen molar-refractivity contribution in [1.29, 1.82) is 0 Å². The maximum atomic E-state index is 13.0. The van der Waals surface area contributed by atoms with E-state index in [1.165, 1.54) is 17.5 Å². The van der Waals surface area contributed by atoms with Gasteiger partial charge in [-0.15, -0.1) is 0 Å². The molecule has 1 aromatic heterocycles. The van der Waals surface area contributed by atoms with Gasteiger partial charge in [0.1, 0.15) is 5.82 Å². The van der Waals surface area contributed by atoms with E-state index in [4.69, 9.17) is 5.10 Å². The molecule has 3 rings (SSSR count). The lowest BCUT2D eigenvalue weighted by atomic mass is 10.1. The van der Waals surface area contributed by atoms with Gasteiger partial charge in [-0.05, 0) is 29.7 Å². The van der Waals surface area contributed by atoms with Gasteiger partial charge in [-0.25, -0.2) is 4.39 Å². The molecule has 2 nitrogen and oxygen atoms in total. The summed E-state index contributed by atoms with van der Waals surface area (Å²) < 4.78 is 15.0. The van der Waals surface area contributed by atoms with Crippen LogP contribution in [0.25, 0.3) is 10.9 Å². The molecule has 0 fully saturated rings. The third kappa shape index (κ3) is 2.31. The van der Waals surface area contributed by atoms with Crippen LogP contribution in [0, 0.1) is 5.82 Å². The molecular formula is C17H17FN2. The standard InChI is InChI=1S/C17H17FN2/c1-12(2)17-15-5-3-4-6-16(15)20(19-17)11-13-7-9-14(18)10-8-13/h3-10,12H,11H2,1-2H3. The van der Waals surface area contributed by atoms with Crippen LogP contribution in [0.15, 0.2) is 48.5 Å². The van der Waals surface area contributed by atoms with Crippen molar-refractivity contribution in [3.05, 3.63) is 65.6 Å². The highest BCUT2D eigenvalue weighted by atomic mass is 19.1. The average molecular weight is 268 g/mol. The van der Waals surface area contributed by atoms with Crippen LogP contribution in [0.1, 0.15) is 31.0 Å². The second-order valence-corrected chi connectivity index (χ2v) is 5.34. The summed E-state index contributed by atoms with van der Waals surface area (Å²) in [4.78, 5) is 0. The van der Waals surface area contributed by atoms with Crippen LogP contribution >= 0.6 is 0 Å². The predicted octanol–water partition coefficient (Wildman–Crippen LogP) is 4.35. The summed E-state index contributed by atoms with van der Waals surface area (Å²) in [6.07, 6.45) is 0. The Morgan fingerprint density at radius 1 is 1.05 bits per heavy atom. The summed E-state index contributed by atoms with van der Waals surface area (Å²) >= 11 is 0. The van der Waals surface area contributed by atoms with E-state index in [9.17, 15) is 4.39 Å². The fourth-order valence-electron chi connectivity index (χ4n) is 2.46. The van der Waals surface area contributed by atoms with Crippen molar-refractivity contribution in [2.45, 2.75) is 26.3 Å². The first kappa shape index (κ1) is 12.9. The van der Waals surface area contributed by atoms with E-state index in [1.54, 1.807) is 12.1 Å². The Balaban J connectivity index is 2.05. The van der Waals surface area contributed by atoms with Crippen LogP contribution < -0.4 is 0 Å². The zero-order valence-electron chi connectivity index (χ0n) is 11.7. The summed E-state index contributed by atoms with van der Waals surface area (Å²) in [7, 11) is 0. The van der Waals surface area contributed by atoms with E-state index in [2.05, 4.69) is 26.0 Å². The molecule has 0 saturated heterocycles. The molecule has 0 atom stereocenters. The number of fused-ring (bicyclic) bond motifs is 1. The maximum Gasteiger partial charge on any atom is 0.123 e. The van der Waals surface area contributed by atoms with Crippen LogP contribution in [0.3, 0.4) is 0 Å². The molecule has 0 amide bonds. The van der Waals surface area contributed by atoms with Gasteiger partial charge in [0.05, 0.1) is 17.8 Å². The molecule has 0 unspecified atom stereocenters. The fraction of sp³-hybridized carbons (Fsp3) is 0.235. The molecule has 0 aliphatic rings. The second-order valence-electron chi connectivity index (χ2n) is 5.34. The van der Waals surface area contributed by atoms with Gasteiger partial charge in [-0.1, -0.05) is 44.2 Å². The van der Waals surface area contributed by atoms with Crippen LogP contribution in [0.5, 0.6) is 0 Å². The Morgan fingerprint density at radius 2 is 1.75 bits per heavy atom. The molecule has 0 bridgehead atoms. The molecule has 102 valence electrons. The molecule has 0 N–H and O–H groups in total. The minimum absolute atomic E-state index is 0.207. The summed E-state index contributed by atoms with van der Waals surface area (Å²) in [5.41, 5.74) is 3.29. The fourth-order valence-corrected chi connectivity index (χ4v) is 2.46. The lowest BCUT2D eigenvalue weighted by Crippen LogP contribution is -2.02. The molecule has 0 radical (unpaired) electrons. The maximum absolute atomic E-state index is 13.0. The van der Waals surface area contributed by atoms with Gasteiger partial charge in [0, 0.05) is 5.39 Å². The molecule has 3 aromatic rings. The van der Waals surface area contributed by atoms with Crippen LogP contribution in [-0.2, 0) is 6.54 Å². The highest BCUT2D eigenvalue weighted by Gasteiger charge is 2.12. The summed E-state index contributed by atoms with van der Waals surface area (Å²) in [6, 6.07) is 14.8. The zero-order chi connectivity index (χ0) is 14.1. The van der Waals surface area contributed by atoms with Crippen molar-refractivity contribution < 1.29 is 4.39 Å². The number of halogens is 1. The topological polar surface area (TPSA) is 17.8 Å². The first-order valence-corrected chi connectivity index (χ1v) is 6.85. The van der Waals surface area contributed by atoms with E-state index in [0.29, 0.717) is 12.5 Å². The van der Waals surface area contributed by atoms with Crippen LogP contribution in [0.4, 0.5) is 4.39 Å². The van der Waals surface area contributed by atoms with Gasteiger partial charge in [-0.2, -0.15) is 5.10 Å². The third-order valence-corrected chi connectivity index (χ3v) is 3.48. The molecule has 0 saturated carbocycles. The van der Waals surface area contributed by atoms with Crippen molar-refractivity contribution >= 4 is 10.9 Å². The molecular weight excluding hydrogens is 251 g/mol. The van der Waals surface area contributed by atoms with Crippen molar-refractivity contribution in [3.8, 4) is 0 Å². The van der Waals surface area contributed by atoms with Gasteiger partial charge < -0.3 is 0 Å². The van der Waals surface area contributed by atoms with E-state index >= 15 is 0 Å². The van der Waals surface area contributed by atoms with E-state index in [0.717, 1.165) is 16.8 Å². The van der Waals surface area contributed by atoms with Crippen molar-refractivity contribution in [3.63, 3.8) is 0 Å². The van der Waals surface area contributed by atoms with Gasteiger partial charge in [0.25, 0.3) is 0 Å². The lowest BCUT2D eigenvalue weighted by molar-refractivity contribution is 0.624.